The standard InChI is InChI=1S/C39H40O8/c1-21-8-6-9-23(16-21)10-7-11-24-12-15-30(47-5)26(17-24)25-13-14-28(41)32-27(25)18-37(3)20-38(4)19-29(42)31(22(2)40)35(44)39(38,46)36(45)33(37)34(32)43/h6,8-9,12-17,41-42,45-46H,7,10-11,18-20H2,1-5H3/t37-,38+,39+/m1/s1. The quantitative estimate of drug-likeness (QED) is 0.212. The van der Waals surface area contributed by atoms with Gasteiger partial charge in [-0.05, 0) is 86.4 Å². The van der Waals surface area contributed by atoms with Crippen LogP contribution in [0.15, 0.2) is 77.3 Å². The van der Waals surface area contributed by atoms with Crippen LogP contribution in [-0.2, 0) is 28.9 Å². The van der Waals surface area contributed by atoms with Crippen molar-refractivity contribution in [2.24, 2.45) is 10.8 Å². The van der Waals surface area contributed by atoms with Crippen LogP contribution in [0.2, 0.25) is 0 Å². The van der Waals surface area contributed by atoms with Gasteiger partial charge in [0.25, 0.3) is 0 Å². The highest BCUT2D eigenvalue weighted by Gasteiger charge is 2.67. The molecule has 0 aliphatic heterocycles. The highest BCUT2D eigenvalue weighted by atomic mass is 16.5. The average Bonchev–Trinajstić information content (AvgIpc) is 2.99. The molecule has 0 saturated carbocycles. The first-order valence-electron chi connectivity index (χ1n) is 15.9. The van der Waals surface area contributed by atoms with Crippen LogP contribution in [0.25, 0.3) is 11.1 Å². The zero-order chi connectivity index (χ0) is 34.1. The van der Waals surface area contributed by atoms with Crippen LogP contribution in [-0.4, -0.2) is 50.5 Å². The van der Waals surface area contributed by atoms with Gasteiger partial charge < -0.3 is 25.2 Å². The second-order valence-electron chi connectivity index (χ2n) is 14.0. The van der Waals surface area contributed by atoms with Crippen LogP contribution in [0.5, 0.6) is 11.5 Å². The number of fused-ring (bicyclic) bond motifs is 3. The van der Waals surface area contributed by atoms with E-state index >= 15 is 0 Å². The molecule has 47 heavy (non-hydrogen) atoms. The van der Waals surface area contributed by atoms with E-state index in [2.05, 4.69) is 31.2 Å². The molecule has 3 atom stereocenters. The van der Waals surface area contributed by atoms with Crippen molar-refractivity contribution in [3.63, 3.8) is 0 Å². The minimum Gasteiger partial charge on any atom is -0.511 e. The summed E-state index contributed by atoms with van der Waals surface area (Å²) in [6.07, 6.45) is 2.64. The van der Waals surface area contributed by atoms with E-state index in [4.69, 9.17) is 4.74 Å². The van der Waals surface area contributed by atoms with Crippen molar-refractivity contribution < 1.29 is 39.5 Å². The van der Waals surface area contributed by atoms with Gasteiger partial charge in [-0.25, -0.2) is 0 Å². The number of hydrogen-bond acceptors (Lipinski definition) is 8. The van der Waals surface area contributed by atoms with Gasteiger partial charge in [-0.15, -0.1) is 0 Å². The monoisotopic (exact) mass is 636 g/mol. The second kappa shape index (κ2) is 11.2. The number of methoxy groups -OCH3 is 1. The topological polar surface area (TPSA) is 141 Å². The summed E-state index contributed by atoms with van der Waals surface area (Å²) in [7, 11) is 1.58. The maximum atomic E-state index is 14.3. The van der Waals surface area contributed by atoms with Crippen molar-refractivity contribution in [2.45, 2.75) is 71.8 Å². The van der Waals surface area contributed by atoms with E-state index in [0.717, 1.165) is 37.3 Å². The van der Waals surface area contributed by atoms with Gasteiger partial charge in [0.05, 0.1) is 12.7 Å². The molecule has 0 heterocycles. The molecular formula is C39H40O8. The number of phenols is 1. The number of benzene rings is 3. The van der Waals surface area contributed by atoms with Crippen LogP contribution in [0.4, 0.5) is 0 Å². The van der Waals surface area contributed by atoms with Gasteiger partial charge in [0.2, 0.25) is 5.78 Å². The van der Waals surface area contributed by atoms with Crippen molar-refractivity contribution in [1.82, 2.24) is 0 Å². The summed E-state index contributed by atoms with van der Waals surface area (Å²) in [4.78, 5) is 40.2. The first-order chi connectivity index (χ1) is 22.1. The van der Waals surface area contributed by atoms with Crippen LogP contribution in [0, 0.1) is 17.8 Å². The van der Waals surface area contributed by atoms with Gasteiger partial charge in [-0.2, -0.15) is 0 Å². The molecule has 0 radical (unpaired) electrons. The third-order valence-corrected chi connectivity index (χ3v) is 10.5. The van der Waals surface area contributed by atoms with Crippen molar-refractivity contribution in [3.8, 4) is 22.6 Å². The van der Waals surface area contributed by atoms with Gasteiger partial charge in [0, 0.05) is 28.4 Å². The van der Waals surface area contributed by atoms with E-state index < -0.39 is 50.9 Å². The lowest BCUT2D eigenvalue weighted by Gasteiger charge is -2.56. The molecule has 0 saturated heterocycles. The third kappa shape index (κ3) is 4.89. The Morgan fingerprint density at radius 2 is 1.62 bits per heavy atom. The van der Waals surface area contributed by atoms with Gasteiger partial charge in [-0.1, -0.05) is 55.8 Å². The molecule has 244 valence electrons. The number of aliphatic hydroxyl groups excluding tert-OH is 2. The molecule has 8 heteroatoms. The molecule has 3 aromatic carbocycles. The summed E-state index contributed by atoms with van der Waals surface area (Å²) < 4.78 is 5.76. The second-order valence-corrected chi connectivity index (χ2v) is 14.0. The summed E-state index contributed by atoms with van der Waals surface area (Å²) in [5, 5.41) is 45.4. The Balaban J connectivity index is 1.44. The van der Waals surface area contributed by atoms with E-state index in [1.807, 2.05) is 18.2 Å². The first-order valence-corrected chi connectivity index (χ1v) is 15.9. The maximum absolute atomic E-state index is 14.3. The summed E-state index contributed by atoms with van der Waals surface area (Å²) >= 11 is 0. The number of rotatable bonds is 7. The molecule has 3 aliphatic carbocycles. The molecule has 0 aromatic heterocycles. The fourth-order valence-electron chi connectivity index (χ4n) is 8.39. The molecule has 0 amide bonds. The van der Waals surface area contributed by atoms with Crippen molar-refractivity contribution >= 4 is 17.3 Å². The van der Waals surface area contributed by atoms with E-state index in [0.29, 0.717) is 16.9 Å². The number of carbonyl (C=O) groups is 3. The van der Waals surface area contributed by atoms with Crippen molar-refractivity contribution in [2.75, 3.05) is 7.11 Å². The number of ether oxygens (including phenoxy) is 1. The van der Waals surface area contributed by atoms with Crippen LogP contribution < -0.4 is 4.74 Å². The Morgan fingerprint density at radius 3 is 2.28 bits per heavy atom. The molecule has 3 aliphatic rings. The molecule has 8 nitrogen and oxygen atoms in total. The number of allylic oxidation sites excluding steroid dienone is 2. The van der Waals surface area contributed by atoms with Crippen molar-refractivity contribution in [1.29, 1.82) is 0 Å². The molecule has 0 bridgehead atoms. The SMILES string of the molecule is COc1ccc(CCCc2cccc(C)c2)cc1-c1ccc(O)c2c1C[C@]1(C)C[C@]3(C)CC(O)=C(C(C)=O)C(=O)[C@]3(O)C(O)=C1C2=O. The minimum atomic E-state index is -2.61. The number of aliphatic hydroxyl groups is 3. The van der Waals surface area contributed by atoms with E-state index in [1.54, 1.807) is 27.0 Å². The molecule has 3 aromatic rings. The fourth-order valence-corrected chi connectivity index (χ4v) is 8.39. The summed E-state index contributed by atoms with van der Waals surface area (Å²) in [5.41, 5.74) is -0.318. The smallest absolute Gasteiger partial charge is 0.209 e. The van der Waals surface area contributed by atoms with E-state index in [-0.39, 0.29) is 36.1 Å². The number of phenolic OH excluding ortho intramolecular Hbond substituents is 1. The van der Waals surface area contributed by atoms with Crippen LogP contribution >= 0.6 is 0 Å². The van der Waals surface area contributed by atoms with Gasteiger partial charge in [0.1, 0.15) is 28.6 Å². The zero-order valence-electron chi connectivity index (χ0n) is 27.4. The lowest BCUT2D eigenvalue weighted by Crippen LogP contribution is -2.63. The zero-order valence-corrected chi connectivity index (χ0v) is 27.4. The number of hydrogen-bond donors (Lipinski definition) is 4. The Morgan fingerprint density at radius 1 is 0.915 bits per heavy atom. The lowest BCUT2D eigenvalue weighted by molar-refractivity contribution is -0.158. The predicted octanol–water partition coefficient (Wildman–Crippen LogP) is 6.62. The highest BCUT2D eigenvalue weighted by Crippen LogP contribution is 2.62. The Bertz CT molecular complexity index is 1930. The largest absolute Gasteiger partial charge is 0.511 e. The van der Waals surface area contributed by atoms with Gasteiger partial charge in [-0.3, -0.25) is 14.4 Å². The Hall–Kier alpha value is -4.69. The maximum Gasteiger partial charge on any atom is 0.209 e. The number of ketones is 3. The molecule has 4 N–H and O–H groups in total. The number of Topliss-reactive ketones (excluding diaryl/α,β-unsaturated/α-hetero) is 3. The number of aryl methyl sites for hydroxylation is 3. The van der Waals surface area contributed by atoms with E-state index in [1.165, 1.54) is 17.2 Å². The van der Waals surface area contributed by atoms with Crippen LogP contribution in [0.1, 0.15) is 72.6 Å². The highest BCUT2D eigenvalue weighted by molar-refractivity contribution is 6.25. The number of aromatic hydroxyl groups is 1. The molecule has 0 spiro atoms. The lowest BCUT2D eigenvalue weighted by atomic mass is 9.48. The van der Waals surface area contributed by atoms with E-state index in [9.17, 15) is 34.8 Å². The van der Waals surface area contributed by atoms with Gasteiger partial charge in [0.15, 0.2) is 17.2 Å². The molecular weight excluding hydrogens is 596 g/mol. The molecule has 6 rings (SSSR count). The fraction of sp³-hybridized carbons (Fsp3) is 0.359. The summed E-state index contributed by atoms with van der Waals surface area (Å²) in [6, 6.07) is 17.6. The van der Waals surface area contributed by atoms with Crippen molar-refractivity contribution in [3.05, 3.63) is 105 Å². The first kappa shape index (κ1) is 32.3. The third-order valence-electron chi connectivity index (χ3n) is 10.5. The summed E-state index contributed by atoms with van der Waals surface area (Å²) in [6.45, 7) is 6.53. The van der Waals surface area contributed by atoms with Crippen LogP contribution in [0.3, 0.4) is 0 Å². The average molecular weight is 637 g/mol. The van der Waals surface area contributed by atoms with Gasteiger partial charge >= 0.3 is 0 Å². The minimum absolute atomic E-state index is 0.0194. The molecule has 0 fully saturated rings. The Kier molecular flexibility index (Phi) is 7.71. The normalized spacial score (nSPS) is 25.3. The number of carbonyl (C=O) groups excluding carboxylic acids is 3. The molecule has 0 unspecified atom stereocenters. The predicted molar refractivity (Wildman–Crippen MR) is 177 cm³/mol. The summed E-state index contributed by atoms with van der Waals surface area (Å²) in [5.74, 6) is -3.56. The Labute approximate surface area is 274 Å².